The highest BCUT2D eigenvalue weighted by molar-refractivity contribution is 9.10. The molecular formula is C17H23BrClFN2O2. The number of carbonyl (C=O) groups is 1. The molecule has 0 bridgehead atoms. The van der Waals surface area contributed by atoms with Crippen molar-refractivity contribution in [2.45, 2.75) is 45.9 Å². The molecule has 1 atom stereocenters. The third-order valence-corrected chi connectivity index (χ3v) is 5.16. The maximum atomic E-state index is 14.3. The van der Waals surface area contributed by atoms with Gasteiger partial charge >= 0.3 is 6.09 Å². The summed E-state index contributed by atoms with van der Waals surface area (Å²) in [4.78, 5) is 16.0. The fraction of sp³-hybridized carbons (Fsp3) is 0.588. The molecule has 1 aromatic rings. The van der Waals surface area contributed by atoms with Crippen molar-refractivity contribution in [1.82, 2.24) is 9.80 Å². The second kappa shape index (κ2) is 7.58. The van der Waals surface area contributed by atoms with Crippen molar-refractivity contribution < 1.29 is 13.9 Å². The summed E-state index contributed by atoms with van der Waals surface area (Å²) >= 11 is 9.17. The van der Waals surface area contributed by atoms with Crippen LogP contribution in [0.2, 0.25) is 5.02 Å². The van der Waals surface area contributed by atoms with E-state index in [0.29, 0.717) is 36.2 Å². The first kappa shape index (κ1) is 19.5. The van der Waals surface area contributed by atoms with E-state index in [1.165, 1.54) is 0 Å². The van der Waals surface area contributed by atoms with Gasteiger partial charge in [0.1, 0.15) is 11.4 Å². The molecule has 7 heteroatoms. The van der Waals surface area contributed by atoms with E-state index in [4.69, 9.17) is 16.3 Å². The zero-order valence-electron chi connectivity index (χ0n) is 14.4. The monoisotopic (exact) mass is 420 g/mol. The highest BCUT2D eigenvalue weighted by atomic mass is 79.9. The number of nitrogens with zero attached hydrogens (tertiary/aromatic N) is 2. The van der Waals surface area contributed by atoms with Crippen LogP contribution in [0, 0.1) is 5.82 Å². The first-order valence-corrected chi connectivity index (χ1v) is 9.10. The minimum Gasteiger partial charge on any atom is -0.444 e. The summed E-state index contributed by atoms with van der Waals surface area (Å²) in [6.07, 6.45) is -0.299. The lowest BCUT2D eigenvalue weighted by molar-refractivity contribution is 0.00446. The van der Waals surface area contributed by atoms with Crippen LogP contribution in [-0.4, -0.2) is 47.2 Å². The topological polar surface area (TPSA) is 32.8 Å². The third kappa shape index (κ3) is 4.83. The lowest BCUT2D eigenvalue weighted by Gasteiger charge is -2.40. The second-order valence-electron chi connectivity index (χ2n) is 7.08. The molecule has 1 aromatic carbocycles. The molecule has 0 aromatic heterocycles. The molecule has 1 aliphatic heterocycles. The number of ether oxygens (including phenoxy) is 1. The Morgan fingerprint density at radius 1 is 1.42 bits per heavy atom. The number of carbonyl (C=O) groups excluding carboxylic acids is 1. The Labute approximate surface area is 156 Å². The normalized spacial score (nSPS) is 19.5. The average Bonchev–Trinajstić information content (AvgIpc) is 2.47. The lowest BCUT2D eigenvalue weighted by atomic mass is 10.1. The van der Waals surface area contributed by atoms with Gasteiger partial charge in [0.2, 0.25) is 0 Å². The first-order valence-electron chi connectivity index (χ1n) is 7.93. The number of rotatable bonds is 2. The van der Waals surface area contributed by atoms with Crippen LogP contribution < -0.4 is 0 Å². The number of piperazine rings is 1. The predicted molar refractivity (Wildman–Crippen MR) is 96.8 cm³/mol. The van der Waals surface area contributed by atoms with Gasteiger partial charge in [-0.1, -0.05) is 17.7 Å². The van der Waals surface area contributed by atoms with Crippen molar-refractivity contribution in [3.63, 3.8) is 0 Å². The van der Waals surface area contributed by atoms with Crippen LogP contribution in [0.25, 0.3) is 0 Å². The van der Waals surface area contributed by atoms with E-state index in [9.17, 15) is 9.18 Å². The zero-order chi connectivity index (χ0) is 18.1. The second-order valence-corrected chi connectivity index (χ2v) is 8.31. The van der Waals surface area contributed by atoms with E-state index < -0.39 is 11.4 Å². The minimum atomic E-state index is -0.505. The third-order valence-electron chi connectivity index (χ3n) is 3.91. The standard InChI is InChI=1S/C17H23BrClFN2O2/c1-11-9-22(16(23)24-17(2,3)4)8-7-21(11)10-12-5-6-13(18)14(19)15(12)20/h5-6,11H,7-10H2,1-4H3/t11-/m0/s1. The minimum absolute atomic E-state index is 0.104. The van der Waals surface area contributed by atoms with Crippen molar-refractivity contribution >= 4 is 33.6 Å². The van der Waals surface area contributed by atoms with Crippen LogP contribution in [0.4, 0.5) is 9.18 Å². The molecule has 0 N–H and O–H groups in total. The van der Waals surface area contributed by atoms with Gasteiger partial charge in [-0.2, -0.15) is 0 Å². The number of hydrogen-bond donors (Lipinski definition) is 0. The van der Waals surface area contributed by atoms with Crippen molar-refractivity contribution in [3.8, 4) is 0 Å². The first-order chi connectivity index (χ1) is 11.1. The molecule has 0 radical (unpaired) electrons. The van der Waals surface area contributed by atoms with E-state index in [0.717, 1.165) is 0 Å². The van der Waals surface area contributed by atoms with Crippen LogP contribution in [0.15, 0.2) is 16.6 Å². The van der Waals surface area contributed by atoms with E-state index in [2.05, 4.69) is 20.8 Å². The van der Waals surface area contributed by atoms with Gasteiger partial charge in [-0.3, -0.25) is 4.90 Å². The summed E-state index contributed by atoms with van der Waals surface area (Å²) in [5, 5.41) is 0.104. The van der Waals surface area contributed by atoms with Gasteiger partial charge in [0.25, 0.3) is 0 Å². The van der Waals surface area contributed by atoms with Crippen LogP contribution in [0.1, 0.15) is 33.3 Å². The Balaban J connectivity index is 1.99. The lowest BCUT2D eigenvalue weighted by Crippen LogP contribution is -2.54. The van der Waals surface area contributed by atoms with Crippen molar-refractivity contribution in [2.24, 2.45) is 0 Å². The Morgan fingerprint density at radius 3 is 2.67 bits per heavy atom. The zero-order valence-corrected chi connectivity index (χ0v) is 16.7. The molecule has 1 saturated heterocycles. The van der Waals surface area contributed by atoms with E-state index in [1.54, 1.807) is 17.0 Å². The van der Waals surface area contributed by atoms with Crippen molar-refractivity contribution in [2.75, 3.05) is 19.6 Å². The highest BCUT2D eigenvalue weighted by Gasteiger charge is 2.30. The van der Waals surface area contributed by atoms with Crippen LogP contribution in [0.3, 0.4) is 0 Å². The van der Waals surface area contributed by atoms with Gasteiger partial charge in [-0.05, 0) is 49.7 Å². The van der Waals surface area contributed by atoms with Gasteiger partial charge in [0, 0.05) is 42.3 Å². The molecule has 1 aliphatic rings. The Hall–Kier alpha value is -0.850. The van der Waals surface area contributed by atoms with E-state index in [1.807, 2.05) is 27.7 Å². The molecule has 1 fully saturated rings. The van der Waals surface area contributed by atoms with E-state index >= 15 is 0 Å². The Morgan fingerprint density at radius 2 is 2.08 bits per heavy atom. The molecule has 0 spiro atoms. The molecule has 1 amide bonds. The number of benzene rings is 1. The Bertz CT molecular complexity index is 621. The van der Waals surface area contributed by atoms with Gasteiger partial charge < -0.3 is 9.64 Å². The van der Waals surface area contributed by atoms with Crippen LogP contribution in [-0.2, 0) is 11.3 Å². The number of amides is 1. The number of hydrogen-bond acceptors (Lipinski definition) is 3. The predicted octanol–water partition coefficient (Wildman–Crippen LogP) is 4.68. The summed E-state index contributed by atoms with van der Waals surface area (Å²) in [6.45, 7) is 9.82. The maximum absolute atomic E-state index is 14.3. The average molecular weight is 422 g/mol. The van der Waals surface area contributed by atoms with Gasteiger partial charge in [-0.25, -0.2) is 9.18 Å². The summed E-state index contributed by atoms with van der Waals surface area (Å²) in [6, 6.07) is 3.59. The van der Waals surface area contributed by atoms with Crippen molar-refractivity contribution in [3.05, 3.63) is 33.0 Å². The molecule has 0 aliphatic carbocycles. The summed E-state index contributed by atoms with van der Waals surface area (Å²) in [5.74, 6) is -0.396. The SMILES string of the molecule is C[C@H]1CN(C(=O)OC(C)(C)C)CCN1Cc1ccc(Br)c(Cl)c1F. The smallest absolute Gasteiger partial charge is 0.410 e. The fourth-order valence-electron chi connectivity index (χ4n) is 2.63. The molecule has 0 unspecified atom stereocenters. The highest BCUT2D eigenvalue weighted by Crippen LogP contribution is 2.29. The molecule has 2 rings (SSSR count). The molecule has 1 heterocycles. The quantitative estimate of drug-likeness (QED) is 0.650. The molecule has 4 nitrogen and oxygen atoms in total. The summed E-state index contributed by atoms with van der Waals surface area (Å²) in [5.41, 5.74) is 0.0511. The van der Waals surface area contributed by atoms with Gasteiger partial charge in [0.05, 0.1) is 5.02 Å². The molecular weight excluding hydrogens is 399 g/mol. The largest absolute Gasteiger partial charge is 0.444 e. The van der Waals surface area contributed by atoms with Gasteiger partial charge in [-0.15, -0.1) is 0 Å². The maximum Gasteiger partial charge on any atom is 0.410 e. The van der Waals surface area contributed by atoms with Crippen molar-refractivity contribution in [1.29, 1.82) is 0 Å². The number of halogens is 3. The van der Waals surface area contributed by atoms with E-state index in [-0.39, 0.29) is 17.2 Å². The molecule has 24 heavy (non-hydrogen) atoms. The molecule has 134 valence electrons. The van der Waals surface area contributed by atoms with Gasteiger partial charge in [0.15, 0.2) is 0 Å². The fourth-order valence-corrected chi connectivity index (χ4v) is 3.12. The molecule has 0 saturated carbocycles. The summed E-state index contributed by atoms with van der Waals surface area (Å²) < 4.78 is 20.2. The van der Waals surface area contributed by atoms with Crippen LogP contribution in [0.5, 0.6) is 0 Å². The van der Waals surface area contributed by atoms with Crippen LogP contribution >= 0.6 is 27.5 Å². The summed E-state index contributed by atoms with van der Waals surface area (Å²) in [7, 11) is 0. The Kier molecular flexibility index (Phi) is 6.15.